The Hall–Kier alpha value is -2.19. The number of hydrogen-bond donors (Lipinski definition) is 3. The van der Waals surface area contributed by atoms with Crippen LogP contribution in [0.5, 0.6) is 5.75 Å². The normalized spacial score (nSPS) is 11.9. The number of anilines is 1. The van der Waals surface area contributed by atoms with Crippen LogP contribution in [0.4, 0.5) is 11.4 Å². The minimum absolute atomic E-state index is 0.259. The van der Waals surface area contributed by atoms with Crippen molar-refractivity contribution in [2.75, 3.05) is 19.0 Å². The van der Waals surface area contributed by atoms with E-state index in [0.29, 0.717) is 0 Å². The second kappa shape index (κ2) is 6.66. The first-order valence-electron chi connectivity index (χ1n) is 5.49. The monoisotopic (exact) mass is 269 g/mol. The highest BCUT2D eigenvalue weighted by molar-refractivity contribution is 5.98. The Morgan fingerprint density at radius 3 is 2.89 bits per heavy atom. The molecule has 19 heavy (non-hydrogen) atoms. The number of nitrogens with one attached hydrogen (secondary N) is 1. The molecule has 1 amide bonds. The van der Waals surface area contributed by atoms with Crippen LogP contribution in [0, 0.1) is 10.1 Å². The van der Waals surface area contributed by atoms with E-state index in [1.54, 1.807) is 0 Å². The zero-order valence-corrected chi connectivity index (χ0v) is 10.3. The first kappa shape index (κ1) is 14.9. The van der Waals surface area contributed by atoms with Crippen LogP contribution in [0.15, 0.2) is 18.2 Å². The average molecular weight is 269 g/mol. The molecule has 104 valence electrons. The third-order valence-electron chi connectivity index (χ3n) is 2.44. The third kappa shape index (κ3) is 3.90. The Morgan fingerprint density at radius 1 is 1.63 bits per heavy atom. The van der Waals surface area contributed by atoms with Gasteiger partial charge in [0.2, 0.25) is 5.91 Å². The number of benzene rings is 1. The summed E-state index contributed by atoms with van der Waals surface area (Å²) in [6.07, 6.45) is 0.268. The standard InChI is InChI=1S/C11H15N3O5/c1-19-6-5-7(12)11(16)13-10-8(14(17)18)3-2-4-9(10)15/h2-4,7,15H,5-6,12H2,1H3,(H,13,16). The van der Waals surface area contributed by atoms with Gasteiger partial charge in [0.05, 0.1) is 11.0 Å². The molecule has 0 fully saturated rings. The second-order valence-electron chi connectivity index (χ2n) is 3.81. The third-order valence-corrected chi connectivity index (χ3v) is 2.44. The molecule has 0 aliphatic rings. The van der Waals surface area contributed by atoms with E-state index in [-0.39, 0.29) is 24.5 Å². The van der Waals surface area contributed by atoms with E-state index in [0.717, 1.165) is 0 Å². The lowest BCUT2D eigenvalue weighted by atomic mass is 10.2. The lowest BCUT2D eigenvalue weighted by Gasteiger charge is -2.12. The molecule has 0 heterocycles. The maximum Gasteiger partial charge on any atom is 0.296 e. The fraction of sp³-hybridized carbons (Fsp3) is 0.364. The van der Waals surface area contributed by atoms with Crippen LogP contribution < -0.4 is 11.1 Å². The number of carbonyl (C=O) groups is 1. The number of nitrogens with zero attached hydrogens (tertiary/aromatic N) is 1. The van der Waals surface area contributed by atoms with Gasteiger partial charge in [0.25, 0.3) is 5.69 Å². The largest absolute Gasteiger partial charge is 0.505 e. The van der Waals surface area contributed by atoms with Gasteiger partial charge in [-0.3, -0.25) is 14.9 Å². The van der Waals surface area contributed by atoms with Crippen molar-refractivity contribution < 1.29 is 19.6 Å². The Labute approximate surface area is 109 Å². The van der Waals surface area contributed by atoms with E-state index in [2.05, 4.69) is 5.32 Å². The number of aromatic hydroxyl groups is 1. The maximum atomic E-state index is 11.7. The van der Waals surface area contributed by atoms with Gasteiger partial charge < -0.3 is 20.9 Å². The highest BCUT2D eigenvalue weighted by atomic mass is 16.6. The summed E-state index contributed by atoms with van der Waals surface area (Å²) >= 11 is 0. The zero-order chi connectivity index (χ0) is 14.4. The van der Waals surface area contributed by atoms with E-state index < -0.39 is 22.6 Å². The molecule has 0 spiro atoms. The van der Waals surface area contributed by atoms with Gasteiger partial charge in [0.15, 0.2) is 5.69 Å². The summed E-state index contributed by atoms with van der Waals surface area (Å²) in [4.78, 5) is 21.8. The van der Waals surface area contributed by atoms with E-state index in [9.17, 15) is 20.0 Å². The number of amides is 1. The number of nitrogens with two attached hydrogens (primary N) is 1. The van der Waals surface area contributed by atoms with Gasteiger partial charge in [-0.2, -0.15) is 0 Å². The molecule has 0 aliphatic carbocycles. The van der Waals surface area contributed by atoms with Crippen molar-refractivity contribution in [2.24, 2.45) is 5.73 Å². The van der Waals surface area contributed by atoms with Crippen molar-refractivity contribution in [3.05, 3.63) is 28.3 Å². The molecule has 1 unspecified atom stereocenters. The minimum atomic E-state index is -0.876. The summed E-state index contributed by atoms with van der Waals surface area (Å²) in [6, 6.07) is 2.85. The quantitative estimate of drug-likeness (QED) is 0.394. The van der Waals surface area contributed by atoms with Gasteiger partial charge >= 0.3 is 0 Å². The number of para-hydroxylation sites is 1. The number of hydrogen-bond acceptors (Lipinski definition) is 6. The maximum absolute atomic E-state index is 11.7. The van der Waals surface area contributed by atoms with Crippen LogP contribution in [0.3, 0.4) is 0 Å². The highest BCUT2D eigenvalue weighted by Gasteiger charge is 2.22. The van der Waals surface area contributed by atoms with Crippen molar-refractivity contribution in [2.45, 2.75) is 12.5 Å². The van der Waals surface area contributed by atoms with Crippen molar-refractivity contribution in [3.63, 3.8) is 0 Å². The van der Waals surface area contributed by atoms with Gasteiger partial charge in [0.1, 0.15) is 5.75 Å². The molecular formula is C11H15N3O5. The summed E-state index contributed by atoms with van der Waals surface area (Å²) < 4.78 is 4.78. The van der Waals surface area contributed by atoms with E-state index in [1.165, 1.54) is 25.3 Å². The van der Waals surface area contributed by atoms with Gasteiger partial charge in [-0.05, 0) is 12.5 Å². The number of methoxy groups -OCH3 is 1. The molecule has 0 aliphatic heterocycles. The number of phenols is 1. The molecule has 8 nitrogen and oxygen atoms in total. The Balaban J connectivity index is 2.87. The zero-order valence-electron chi connectivity index (χ0n) is 10.3. The number of nitro groups is 1. The van der Waals surface area contributed by atoms with Crippen LogP contribution >= 0.6 is 0 Å². The molecule has 1 aromatic rings. The molecule has 8 heteroatoms. The SMILES string of the molecule is COCCC(N)C(=O)Nc1c(O)cccc1[N+](=O)[O-]. The van der Waals surface area contributed by atoms with Gasteiger partial charge in [0, 0.05) is 19.8 Å². The van der Waals surface area contributed by atoms with Gasteiger partial charge in [-0.15, -0.1) is 0 Å². The fourth-order valence-electron chi connectivity index (χ4n) is 1.40. The number of phenolic OH excluding ortho intramolecular Hbond substituents is 1. The summed E-state index contributed by atoms with van der Waals surface area (Å²) in [5, 5.41) is 22.6. The van der Waals surface area contributed by atoms with Crippen LogP contribution in [0.1, 0.15) is 6.42 Å². The first-order chi connectivity index (χ1) is 8.97. The summed E-state index contributed by atoms with van der Waals surface area (Å²) in [6.45, 7) is 0.289. The highest BCUT2D eigenvalue weighted by Crippen LogP contribution is 2.33. The second-order valence-corrected chi connectivity index (χ2v) is 3.81. The fourth-order valence-corrected chi connectivity index (χ4v) is 1.40. The van der Waals surface area contributed by atoms with Crippen LogP contribution in [-0.4, -0.2) is 35.7 Å². The van der Waals surface area contributed by atoms with Crippen LogP contribution in [0.25, 0.3) is 0 Å². The van der Waals surface area contributed by atoms with Crippen molar-refractivity contribution in [1.29, 1.82) is 0 Å². The molecule has 0 aromatic heterocycles. The minimum Gasteiger partial charge on any atom is -0.505 e. The summed E-state index contributed by atoms with van der Waals surface area (Å²) in [7, 11) is 1.47. The smallest absolute Gasteiger partial charge is 0.296 e. The summed E-state index contributed by atoms with van der Waals surface area (Å²) in [5.41, 5.74) is 4.93. The van der Waals surface area contributed by atoms with E-state index >= 15 is 0 Å². The molecule has 4 N–H and O–H groups in total. The first-order valence-corrected chi connectivity index (χ1v) is 5.49. The Morgan fingerprint density at radius 2 is 2.32 bits per heavy atom. The van der Waals surface area contributed by atoms with Crippen LogP contribution in [0.2, 0.25) is 0 Å². The molecule has 0 saturated carbocycles. The number of ether oxygens (including phenoxy) is 1. The molecule has 1 atom stereocenters. The van der Waals surface area contributed by atoms with Gasteiger partial charge in [-0.1, -0.05) is 6.07 Å². The van der Waals surface area contributed by atoms with Crippen LogP contribution in [-0.2, 0) is 9.53 Å². The molecule has 0 saturated heterocycles. The van der Waals surface area contributed by atoms with Gasteiger partial charge in [-0.25, -0.2) is 0 Å². The van der Waals surface area contributed by atoms with E-state index in [4.69, 9.17) is 10.5 Å². The molecule has 0 radical (unpaired) electrons. The topological polar surface area (TPSA) is 128 Å². The Kier molecular flexibility index (Phi) is 5.22. The lowest BCUT2D eigenvalue weighted by Crippen LogP contribution is -2.36. The van der Waals surface area contributed by atoms with Crippen molar-refractivity contribution in [3.8, 4) is 5.75 Å². The Bertz CT molecular complexity index is 477. The predicted octanol–water partition coefficient (Wildman–Crippen LogP) is 0.603. The molecular weight excluding hydrogens is 254 g/mol. The molecule has 1 aromatic carbocycles. The van der Waals surface area contributed by atoms with Crippen molar-refractivity contribution >= 4 is 17.3 Å². The molecule has 0 bridgehead atoms. The number of carbonyl (C=O) groups excluding carboxylic acids is 1. The van der Waals surface area contributed by atoms with E-state index in [1.807, 2.05) is 0 Å². The number of nitro benzene ring substituents is 1. The predicted molar refractivity (Wildman–Crippen MR) is 67.9 cm³/mol. The van der Waals surface area contributed by atoms with Crippen molar-refractivity contribution in [1.82, 2.24) is 0 Å². The average Bonchev–Trinajstić information content (AvgIpc) is 2.37. The summed E-state index contributed by atoms with van der Waals surface area (Å²) in [5.74, 6) is -1.01. The number of rotatable bonds is 6. The lowest BCUT2D eigenvalue weighted by molar-refractivity contribution is -0.384. The molecule has 1 rings (SSSR count).